The van der Waals surface area contributed by atoms with Crippen molar-refractivity contribution in [2.24, 2.45) is 5.92 Å². The van der Waals surface area contributed by atoms with Gasteiger partial charge in [0.05, 0.1) is 6.10 Å². The summed E-state index contributed by atoms with van der Waals surface area (Å²) in [6.07, 6.45) is 4.67. The molecule has 0 amide bonds. The third-order valence-corrected chi connectivity index (χ3v) is 2.53. The summed E-state index contributed by atoms with van der Waals surface area (Å²) in [6, 6.07) is 0. The topological polar surface area (TPSA) is 26.3 Å². The lowest BCUT2D eigenvalue weighted by Gasteiger charge is -2.28. The van der Waals surface area contributed by atoms with E-state index in [0.29, 0.717) is 0 Å². The zero-order valence-corrected chi connectivity index (χ0v) is 7.30. The Hall–Kier alpha value is -0.370. The summed E-state index contributed by atoms with van der Waals surface area (Å²) in [6.45, 7) is 1.67. The van der Waals surface area contributed by atoms with Crippen LogP contribution in [-0.2, 0) is 9.53 Å². The molecule has 0 spiro atoms. The molecule has 1 fully saturated rings. The monoisotopic (exact) mass is 156 g/mol. The van der Waals surface area contributed by atoms with Gasteiger partial charge in [0, 0.05) is 13.0 Å². The third kappa shape index (κ3) is 2.03. The molecule has 64 valence electrons. The molecule has 0 N–H and O–H groups in total. The molecular weight excluding hydrogens is 140 g/mol. The van der Waals surface area contributed by atoms with Gasteiger partial charge < -0.3 is 4.74 Å². The Balaban J connectivity index is 2.51. The fourth-order valence-corrected chi connectivity index (χ4v) is 1.84. The number of hydrogen-bond acceptors (Lipinski definition) is 2. The Morgan fingerprint density at radius 2 is 2.00 bits per heavy atom. The van der Waals surface area contributed by atoms with Crippen molar-refractivity contribution in [1.29, 1.82) is 0 Å². The summed E-state index contributed by atoms with van der Waals surface area (Å²) in [5.41, 5.74) is 0. The van der Waals surface area contributed by atoms with Gasteiger partial charge in [-0.05, 0) is 19.8 Å². The van der Waals surface area contributed by atoms with Crippen LogP contribution in [0.1, 0.15) is 32.6 Å². The number of ether oxygens (including phenoxy) is 1. The van der Waals surface area contributed by atoms with E-state index >= 15 is 0 Å². The van der Waals surface area contributed by atoms with E-state index in [-0.39, 0.29) is 17.8 Å². The van der Waals surface area contributed by atoms with Crippen molar-refractivity contribution in [2.75, 3.05) is 7.11 Å². The van der Waals surface area contributed by atoms with E-state index in [1.165, 1.54) is 12.8 Å². The van der Waals surface area contributed by atoms with Gasteiger partial charge in [0.1, 0.15) is 5.78 Å². The molecule has 2 atom stereocenters. The SMILES string of the molecule is COC1CCCCC1C(C)=O. The minimum Gasteiger partial charge on any atom is -0.381 e. The number of carbonyl (C=O) groups excluding carboxylic acids is 1. The smallest absolute Gasteiger partial charge is 0.135 e. The number of carbonyl (C=O) groups is 1. The summed E-state index contributed by atoms with van der Waals surface area (Å²) in [5.74, 6) is 0.463. The molecule has 0 heterocycles. The molecule has 0 aromatic carbocycles. The Morgan fingerprint density at radius 1 is 1.36 bits per heavy atom. The second-order valence-electron chi connectivity index (χ2n) is 3.28. The highest BCUT2D eigenvalue weighted by molar-refractivity contribution is 5.78. The Bertz CT molecular complexity index is 142. The molecule has 2 nitrogen and oxygen atoms in total. The number of hydrogen-bond donors (Lipinski definition) is 0. The fraction of sp³-hybridized carbons (Fsp3) is 0.889. The highest BCUT2D eigenvalue weighted by Gasteiger charge is 2.27. The quantitative estimate of drug-likeness (QED) is 0.609. The van der Waals surface area contributed by atoms with Gasteiger partial charge in [0.15, 0.2) is 0 Å². The van der Waals surface area contributed by atoms with Crippen molar-refractivity contribution in [3.8, 4) is 0 Å². The first-order chi connectivity index (χ1) is 5.25. The van der Waals surface area contributed by atoms with Gasteiger partial charge in [-0.25, -0.2) is 0 Å². The lowest BCUT2D eigenvalue weighted by atomic mass is 9.84. The molecule has 0 aromatic rings. The summed E-state index contributed by atoms with van der Waals surface area (Å²) in [7, 11) is 1.70. The van der Waals surface area contributed by atoms with Crippen molar-refractivity contribution in [1.82, 2.24) is 0 Å². The van der Waals surface area contributed by atoms with Crippen LogP contribution in [0.3, 0.4) is 0 Å². The molecule has 0 aromatic heterocycles. The van der Waals surface area contributed by atoms with Crippen molar-refractivity contribution in [3.05, 3.63) is 0 Å². The van der Waals surface area contributed by atoms with Crippen LogP contribution < -0.4 is 0 Å². The van der Waals surface area contributed by atoms with Crippen LogP contribution in [-0.4, -0.2) is 19.0 Å². The van der Waals surface area contributed by atoms with E-state index in [1.807, 2.05) is 0 Å². The Kier molecular flexibility index (Phi) is 3.06. The molecule has 11 heavy (non-hydrogen) atoms. The van der Waals surface area contributed by atoms with Gasteiger partial charge in [-0.1, -0.05) is 12.8 Å². The predicted molar refractivity (Wildman–Crippen MR) is 43.4 cm³/mol. The van der Waals surface area contributed by atoms with E-state index < -0.39 is 0 Å². The highest BCUT2D eigenvalue weighted by atomic mass is 16.5. The van der Waals surface area contributed by atoms with Crippen LogP contribution in [0.4, 0.5) is 0 Å². The zero-order chi connectivity index (χ0) is 8.27. The van der Waals surface area contributed by atoms with Crippen molar-refractivity contribution in [2.45, 2.75) is 38.7 Å². The second-order valence-corrected chi connectivity index (χ2v) is 3.28. The first-order valence-electron chi connectivity index (χ1n) is 4.29. The maximum absolute atomic E-state index is 11.1. The Labute approximate surface area is 67.9 Å². The van der Waals surface area contributed by atoms with E-state index in [4.69, 9.17) is 4.74 Å². The van der Waals surface area contributed by atoms with E-state index in [1.54, 1.807) is 14.0 Å². The summed E-state index contributed by atoms with van der Waals surface area (Å²) in [4.78, 5) is 11.1. The average molecular weight is 156 g/mol. The minimum absolute atomic E-state index is 0.175. The van der Waals surface area contributed by atoms with Gasteiger partial charge in [0.25, 0.3) is 0 Å². The van der Waals surface area contributed by atoms with Gasteiger partial charge in [-0.2, -0.15) is 0 Å². The molecule has 0 aliphatic heterocycles. The molecule has 1 saturated carbocycles. The van der Waals surface area contributed by atoms with Crippen molar-refractivity contribution < 1.29 is 9.53 Å². The molecule has 0 saturated heterocycles. The maximum atomic E-state index is 11.1. The molecule has 1 aliphatic carbocycles. The summed E-state index contributed by atoms with van der Waals surface area (Å²) >= 11 is 0. The van der Waals surface area contributed by atoms with E-state index in [2.05, 4.69) is 0 Å². The molecule has 1 aliphatic rings. The molecule has 1 rings (SSSR count). The third-order valence-electron chi connectivity index (χ3n) is 2.53. The van der Waals surface area contributed by atoms with Crippen molar-refractivity contribution >= 4 is 5.78 Å². The van der Waals surface area contributed by atoms with Crippen LogP contribution in [0, 0.1) is 5.92 Å². The molecule has 2 heteroatoms. The first kappa shape index (κ1) is 8.72. The average Bonchev–Trinajstić information content (AvgIpc) is 2.04. The maximum Gasteiger partial charge on any atom is 0.135 e. The van der Waals surface area contributed by atoms with E-state index in [9.17, 15) is 4.79 Å². The zero-order valence-electron chi connectivity index (χ0n) is 7.30. The van der Waals surface area contributed by atoms with E-state index in [0.717, 1.165) is 12.8 Å². The van der Waals surface area contributed by atoms with Crippen LogP contribution >= 0.6 is 0 Å². The molecular formula is C9H16O2. The van der Waals surface area contributed by atoms with Crippen molar-refractivity contribution in [3.63, 3.8) is 0 Å². The lowest BCUT2D eigenvalue weighted by molar-refractivity contribution is -0.126. The molecule has 0 radical (unpaired) electrons. The van der Waals surface area contributed by atoms with Gasteiger partial charge in [0.2, 0.25) is 0 Å². The number of methoxy groups -OCH3 is 1. The van der Waals surface area contributed by atoms with Crippen LogP contribution in [0.2, 0.25) is 0 Å². The lowest BCUT2D eigenvalue weighted by Crippen LogP contribution is -2.31. The summed E-state index contributed by atoms with van der Waals surface area (Å²) in [5, 5.41) is 0. The second kappa shape index (κ2) is 3.86. The first-order valence-corrected chi connectivity index (χ1v) is 4.29. The van der Waals surface area contributed by atoms with Gasteiger partial charge in [-0.15, -0.1) is 0 Å². The standard InChI is InChI=1S/C9H16O2/c1-7(10)8-5-3-4-6-9(8)11-2/h8-9H,3-6H2,1-2H3. The van der Waals surface area contributed by atoms with Gasteiger partial charge >= 0.3 is 0 Å². The number of Topliss-reactive ketones (excluding diaryl/α,β-unsaturated/α-hetero) is 1. The number of ketones is 1. The normalized spacial score (nSPS) is 31.8. The van der Waals surface area contributed by atoms with Gasteiger partial charge in [-0.3, -0.25) is 4.79 Å². The van der Waals surface area contributed by atoms with Crippen LogP contribution in [0.5, 0.6) is 0 Å². The Morgan fingerprint density at radius 3 is 2.45 bits per heavy atom. The fourth-order valence-electron chi connectivity index (χ4n) is 1.84. The molecule has 0 bridgehead atoms. The van der Waals surface area contributed by atoms with Crippen LogP contribution in [0.15, 0.2) is 0 Å². The molecule has 2 unspecified atom stereocenters. The summed E-state index contributed by atoms with van der Waals surface area (Å²) < 4.78 is 5.24. The van der Waals surface area contributed by atoms with Crippen LogP contribution in [0.25, 0.3) is 0 Å². The minimum atomic E-state index is 0.175. The highest BCUT2D eigenvalue weighted by Crippen LogP contribution is 2.26. The predicted octanol–water partition coefficient (Wildman–Crippen LogP) is 1.78. The number of rotatable bonds is 2. The largest absolute Gasteiger partial charge is 0.381 e.